The molecule has 11 heavy (non-hydrogen) atoms. The summed E-state index contributed by atoms with van der Waals surface area (Å²) in [5, 5.41) is 3.47. The first kappa shape index (κ1) is 7.56. The summed E-state index contributed by atoms with van der Waals surface area (Å²) < 4.78 is 0. The van der Waals surface area contributed by atoms with E-state index in [2.05, 4.69) is 17.1 Å². The van der Waals surface area contributed by atoms with E-state index in [9.17, 15) is 0 Å². The van der Waals surface area contributed by atoms with E-state index in [0.29, 0.717) is 0 Å². The van der Waals surface area contributed by atoms with Gasteiger partial charge in [-0.05, 0) is 19.8 Å². The Hall–Kier alpha value is -0.0800. The summed E-state index contributed by atoms with van der Waals surface area (Å²) in [4.78, 5) is 2.61. The molecule has 0 aromatic carbocycles. The zero-order chi connectivity index (χ0) is 7.68. The molecule has 1 saturated heterocycles. The monoisotopic (exact) mass is 154 g/mol. The molecule has 0 bridgehead atoms. The molecular formula is C9H18N2. The molecule has 1 atom stereocenters. The summed E-state index contributed by atoms with van der Waals surface area (Å²) in [6.07, 6.45) is 5.79. The highest BCUT2D eigenvalue weighted by Crippen LogP contribution is 2.24. The Bertz CT molecular complexity index is 130. The van der Waals surface area contributed by atoms with Crippen molar-refractivity contribution in [1.82, 2.24) is 10.2 Å². The standard InChI is InChI=1S/C9H18N2/c1-8-6-11(7-10-8)9-4-2-3-5-9/h8-10H,2-7H2,1H3. The lowest BCUT2D eigenvalue weighted by Gasteiger charge is -2.21. The number of nitrogens with one attached hydrogen (secondary N) is 1. The van der Waals surface area contributed by atoms with Crippen molar-refractivity contribution in [2.24, 2.45) is 0 Å². The van der Waals surface area contributed by atoms with E-state index < -0.39 is 0 Å². The summed E-state index contributed by atoms with van der Waals surface area (Å²) in [5.74, 6) is 0. The molecule has 2 rings (SSSR count). The molecule has 2 aliphatic rings. The predicted molar refractivity (Wildman–Crippen MR) is 46.4 cm³/mol. The van der Waals surface area contributed by atoms with E-state index in [1.165, 1.54) is 32.2 Å². The van der Waals surface area contributed by atoms with Gasteiger partial charge in [0.25, 0.3) is 0 Å². The Morgan fingerprint density at radius 1 is 1.27 bits per heavy atom. The molecular weight excluding hydrogens is 136 g/mol. The Kier molecular flexibility index (Phi) is 2.14. The number of nitrogens with zero attached hydrogens (tertiary/aromatic N) is 1. The van der Waals surface area contributed by atoms with Crippen molar-refractivity contribution in [1.29, 1.82) is 0 Å². The minimum Gasteiger partial charge on any atom is -0.300 e. The van der Waals surface area contributed by atoms with Crippen molar-refractivity contribution in [3.8, 4) is 0 Å². The van der Waals surface area contributed by atoms with Gasteiger partial charge in [0.15, 0.2) is 0 Å². The molecule has 0 aromatic heterocycles. The van der Waals surface area contributed by atoms with Gasteiger partial charge in [0, 0.05) is 25.3 Å². The molecule has 0 amide bonds. The lowest BCUT2D eigenvalue weighted by Crippen LogP contribution is -2.31. The summed E-state index contributed by atoms with van der Waals surface area (Å²) >= 11 is 0. The third-order valence-electron chi connectivity index (χ3n) is 2.99. The molecule has 0 radical (unpaired) electrons. The maximum Gasteiger partial charge on any atom is 0.0486 e. The lowest BCUT2D eigenvalue weighted by molar-refractivity contribution is 0.241. The van der Waals surface area contributed by atoms with Crippen LogP contribution < -0.4 is 5.32 Å². The van der Waals surface area contributed by atoms with E-state index >= 15 is 0 Å². The summed E-state index contributed by atoms with van der Waals surface area (Å²) in [5.41, 5.74) is 0. The molecule has 1 aliphatic carbocycles. The fourth-order valence-electron chi connectivity index (χ4n) is 2.30. The zero-order valence-electron chi connectivity index (χ0n) is 7.34. The van der Waals surface area contributed by atoms with Crippen LogP contribution >= 0.6 is 0 Å². The van der Waals surface area contributed by atoms with Gasteiger partial charge in [-0.2, -0.15) is 0 Å². The second-order valence-electron chi connectivity index (χ2n) is 3.97. The molecule has 2 heteroatoms. The minimum atomic E-state index is 0.718. The van der Waals surface area contributed by atoms with Gasteiger partial charge in [0.2, 0.25) is 0 Å². The maximum absolute atomic E-state index is 3.47. The molecule has 1 unspecified atom stereocenters. The topological polar surface area (TPSA) is 15.3 Å². The van der Waals surface area contributed by atoms with Gasteiger partial charge in [0.05, 0.1) is 0 Å². The lowest BCUT2D eigenvalue weighted by atomic mass is 10.2. The Morgan fingerprint density at radius 2 is 2.00 bits per heavy atom. The molecule has 0 aromatic rings. The molecule has 64 valence electrons. The van der Waals surface area contributed by atoms with Crippen molar-refractivity contribution < 1.29 is 0 Å². The third kappa shape index (κ3) is 1.57. The van der Waals surface area contributed by atoms with Gasteiger partial charge in [-0.25, -0.2) is 0 Å². The summed E-state index contributed by atoms with van der Waals surface area (Å²) in [6.45, 7) is 4.67. The van der Waals surface area contributed by atoms with Crippen LogP contribution in [0.5, 0.6) is 0 Å². The second kappa shape index (κ2) is 3.11. The Labute approximate surface area is 69.0 Å². The molecule has 1 saturated carbocycles. The first-order chi connectivity index (χ1) is 5.36. The molecule has 2 nitrogen and oxygen atoms in total. The highest BCUT2D eigenvalue weighted by molar-refractivity contribution is 4.83. The van der Waals surface area contributed by atoms with Crippen LogP contribution in [0.25, 0.3) is 0 Å². The molecule has 1 N–H and O–H groups in total. The molecule has 0 spiro atoms. The first-order valence-electron chi connectivity index (χ1n) is 4.83. The van der Waals surface area contributed by atoms with Gasteiger partial charge >= 0.3 is 0 Å². The van der Waals surface area contributed by atoms with Crippen LogP contribution in [0.4, 0.5) is 0 Å². The fraction of sp³-hybridized carbons (Fsp3) is 1.00. The van der Waals surface area contributed by atoms with Gasteiger partial charge in [0.1, 0.15) is 0 Å². The van der Waals surface area contributed by atoms with Crippen LogP contribution in [0, 0.1) is 0 Å². The highest BCUT2D eigenvalue weighted by atomic mass is 15.3. The Balaban J connectivity index is 1.85. The number of hydrogen-bond acceptors (Lipinski definition) is 2. The first-order valence-corrected chi connectivity index (χ1v) is 4.83. The van der Waals surface area contributed by atoms with Gasteiger partial charge in [-0.3, -0.25) is 4.90 Å². The van der Waals surface area contributed by atoms with E-state index in [1.54, 1.807) is 0 Å². The van der Waals surface area contributed by atoms with Crippen LogP contribution in [0.1, 0.15) is 32.6 Å². The molecule has 2 fully saturated rings. The summed E-state index contributed by atoms with van der Waals surface area (Å²) in [7, 11) is 0. The number of rotatable bonds is 1. The van der Waals surface area contributed by atoms with Gasteiger partial charge in [-0.15, -0.1) is 0 Å². The molecule has 1 heterocycles. The van der Waals surface area contributed by atoms with E-state index in [1.807, 2.05) is 0 Å². The van der Waals surface area contributed by atoms with Crippen molar-refractivity contribution in [3.05, 3.63) is 0 Å². The van der Waals surface area contributed by atoms with Crippen LogP contribution in [0.2, 0.25) is 0 Å². The number of hydrogen-bond donors (Lipinski definition) is 1. The van der Waals surface area contributed by atoms with Crippen LogP contribution in [0.3, 0.4) is 0 Å². The van der Waals surface area contributed by atoms with Crippen LogP contribution in [0.15, 0.2) is 0 Å². The normalized spacial score (nSPS) is 35.2. The summed E-state index contributed by atoms with van der Waals surface area (Å²) in [6, 6.07) is 1.63. The average Bonchev–Trinajstić information content (AvgIpc) is 2.55. The minimum absolute atomic E-state index is 0.718. The van der Waals surface area contributed by atoms with Crippen molar-refractivity contribution in [3.63, 3.8) is 0 Å². The van der Waals surface area contributed by atoms with E-state index in [0.717, 1.165) is 18.8 Å². The second-order valence-corrected chi connectivity index (χ2v) is 3.97. The van der Waals surface area contributed by atoms with Crippen LogP contribution in [-0.2, 0) is 0 Å². The maximum atomic E-state index is 3.47. The van der Waals surface area contributed by atoms with E-state index in [-0.39, 0.29) is 0 Å². The SMILES string of the molecule is CC1CN(C2CCCC2)CN1. The van der Waals surface area contributed by atoms with Gasteiger partial charge in [-0.1, -0.05) is 12.8 Å². The van der Waals surface area contributed by atoms with Gasteiger partial charge < -0.3 is 5.32 Å². The highest BCUT2D eigenvalue weighted by Gasteiger charge is 2.27. The van der Waals surface area contributed by atoms with Crippen LogP contribution in [-0.4, -0.2) is 30.2 Å². The average molecular weight is 154 g/mol. The van der Waals surface area contributed by atoms with Crippen molar-refractivity contribution >= 4 is 0 Å². The smallest absolute Gasteiger partial charge is 0.0486 e. The quantitative estimate of drug-likeness (QED) is 0.610. The molecule has 1 aliphatic heterocycles. The third-order valence-corrected chi connectivity index (χ3v) is 2.99. The van der Waals surface area contributed by atoms with Crippen molar-refractivity contribution in [2.45, 2.75) is 44.7 Å². The zero-order valence-corrected chi connectivity index (χ0v) is 7.34. The van der Waals surface area contributed by atoms with Crippen molar-refractivity contribution in [2.75, 3.05) is 13.2 Å². The predicted octanol–water partition coefficient (Wildman–Crippen LogP) is 1.18. The Morgan fingerprint density at radius 3 is 2.55 bits per heavy atom. The fourth-order valence-corrected chi connectivity index (χ4v) is 2.30. The largest absolute Gasteiger partial charge is 0.300 e. The van der Waals surface area contributed by atoms with E-state index in [4.69, 9.17) is 0 Å².